The largest absolute Gasteiger partial charge is 0.462 e. The molecular weight excluding hydrogens is 769 g/mol. The Bertz CT molecular complexity index is 947. The number of unbranched alkanes of at least 4 members (excludes halogenated alkanes) is 35. The molecule has 0 unspecified atom stereocenters. The Labute approximate surface area is 387 Å². The van der Waals surface area contributed by atoms with Gasteiger partial charge < -0.3 is 14.2 Å². The average molecular weight is 877 g/mol. The smallest absolute Gasteiger partial charge is 0.306 e. The van der Waals surface area contributed by atoms with E-state index in [0.717, 1.165) is 69.6 Å². The van der Waals surface area contributed by atoms with Crippen molar-refractivity contribution in [3.8, 4) is 0 Å². The Kier molecular flexibility index (Phi) is 47.6. The second-order valence-corrected chi connectivity index (χ2v) is 20.2. The summed E-state index contributed by atoms with van der Waals surface area (Å²) in [7, 11) is 0. The van der Waals surface area contributed by atoms with Gasteiger partial charge in [-0.15, -0.1) is 0 Å². The second kappa shape index (κ2) is 48.9. The van der Waals surface area contributed by atoms with Gasteiger partial charge in [-0.1, -0.05) is 272 Å². The summed E-state index contributed by atoms with van der Waals surface area (Å²) >= 11 is 0. The summed E-state index contributed by atoms with van der Waals surface area (Å²) in [6.45, 7) is 11.4. The Balaban J connectivity index is 4.23. The van der Waals surface area contributed by atoms with Crippen molar-refractivity contribution in [2.75, 3.05) is 13.2 Å². The first-order valence-corrected chi connectivity index (χ1v) is 27.7. The first-order chi connectivity index (χ1) is 30.2. The minimum atomic E-state index is -0.761. The van der Waals surface area contributed by atoms with Gasteiger partial charge in [0, 0.05) is 19.3 Å². The highest BCUT2D eigenvalue weighted by molar-refractivity contribution is 5.71. The van der Waals surface area contributed by atoms with Crippen molar-refractivity contribution in [1.82, 2.24) is 0 Å². The van der Waals surface area contributed by atoms with E-state index in [-0.39, 0.29) is 31.1 Å². The van der Waals surface area contributed by atoms with Crippen LogP contribution in [0.25, 0.3) is 0 Å². The molecule has 0 spiro atoms. The lowest BCUT2D eigenvalue weighted by molar-refractivity contribution is -0.167. The molecule has 0 aromatic rings. The molecule has 0 saturated heterocycles. The van der Waals surface area contributed by atoms with Gasteiger partial charge in [-0.2, -0.15) is 0 Å². The maximum absolute atomic E-state index is 12.8. The topological polar surface area (TPSA) is 78.9 Å². The predicted molar refractivity (Wildman–Crippen MR) is 266 cm³/mol. The van der Waals surface area contributed by atoms with Crippen LogP contribution >= 0.6 is 0 Å². The predicted octanol–water partition coefficient (Wildman–Crippen LogP) is 18.1. The zero-order valence-corrected chi connectivity index (χ0v) is 42.5. The normalized spacial score (nSPS) is 12.0. The molecule has 0 rings (SSSR count). The molecule has 0 fully saturated rings. The highest BCUT2D eigenvalue weighted by Gasteiger charge is 2.19. The quantitative estimate of drug-likeness (QED) is 0.0344. The van der Waals surface area contributed by atoms with Gasteiger partial charge in [-0.3, -0.25) is 14.4 Å². The Hall–Kier alpha value is -1.59. The molecular formula is C56H108O6. The Morgan fingerprint density at radius 3 is 0.790 bits per heavy atom. The van der Waals surface area contributed by atoms with Gasteiger partial charge in [-0.25, -0.2) is 0 Å². The molecule has 368 valence electrons. The van der Waals surface area contributed by atoms with Crippen molar-refractivity contribution in [3.63, 3.8) is 0 Å². The third-order valence-corrected chi connectivity index (χ3v) is 12.7. The molecule has 0 aromatic carbocycles. The lowest BCUT2D eigenvalue weighted by atomic mass is 10.0. The van der Waals surface area contributed by atoms with Gasteiger partial charge in [0.2, 0.25) is 0 Å². The van der Waals surface area contributed by atoms with Gasteiger partial charge in [-0.05, 0) is 31.1 Å². The van der Waals surface area contributed by atoms with Crippen LogP contribution in [0.4, 0.5) is 0 Å². The minimum Gasteiger partial charge on any atom is -0.462 e. The lowest BCUT2D eigenvalue weighted by Crippen LogP contribution is -2.30. The molecule has 0 aliphatic carbocycles. The van der Waals surface area contributed by atoms with Crippen LogP contribution in [0.3, 0.4) is 0 Å². The van der Waals surface area contributed by atoms with E-state index in [1.165, 1.54) is 199 Å². The van der Waals surface area contributed by atoms with Crippen LogP contribution < -0.4 is 0 Å². The fourth-order valence-electron chi connectivity index (χ4n) is 8.52. The summed E-state index contributed by atoms with van der Waals surface area (Å²) in [4.78, 5) is 38.0. The first-order valence-electron chi connectivity index (χ1n) is 27.7. The van der Waals surface area contributed by atoms with Gasteiger partial charge >= 0.3 is 17.9 Å². The molecule has 0 N–H and O–H groups in total. The third-order valence-electron chi connectivity index (χ3n) is 12.7. The highest BCUT2D eigenvalue weighted by Crippen LogP contribution is 2.18. The molecule has 0 aliphatic rings. The lowest BCUT2D eigenvalue weighted by Gasteiger charge is -2.18. The molecule has 0 heterocycles. The summed E-state index contributed by atoms with van der Waals surface area (Å²) in [5, 5.41) is 0. The van der Waals surface area contributed by atoms with Crippen molar-refractivity contribution in [2.24, 2.45) is 11.8 Å². The average Bonchev–Trinajstić information content (AvgIpc) is 3.24. The van der Waals surface area contributed by atoms with Gasteiger partial charge in [0.25, 0.3) is 0 Å². The molecule has 1 atom stereocenters. The maximum Gasteiger partial charge on any atom is 0.306 e. The van der Waals surface area contributed by atoms with Crippen molar-refractivity contribution in [2.45, 2.75) is 317 Å². The molecule has 62 heavy (non-hydrogen) atoms. The summed E-state index contributed by atoms with van der Waals surface area (Å²) in [6, 6.07) is 0. The van der Waals surface area contributed by atoms with E-state index >= 15 is 0 Å². The molecule has 0 aromatic heterocycles. The summed E-state index contributed by atoms with van der Waals surface area (Å²) < 4.78 is 16.8. The number of esters is 3. The Morgan fingerprint density at radius 1 is 0.306 bits per heavy atom. The van der Waals surface area contributed by atoms with E-state index in [1.807, 2.05) is 0 Å². The number of carbonyl (C=O) groups is 3. The number of hydrogen-bond donors (Lipinski definition) is 0. The number of rotatable bonds is 50. The van der Waals surface area contributed by atoms with E-state index in [1.54, 1.807) is 0 Å². The monoisotopic (exact) mass is 877 g/mol. The molecule has 0 saturated carbocycles. The highest BCUT2D eigenvalue weighted by atomic mass is 16.6. The molecule has 0 radical (unpaired) electrons. The van der Waals surface area contributed by atoms with Crippen molar-refractivity contribution in [1.29, 1.82) is 0 Å². The van der Waals surface area contributed by atoms with Crippen LogP contribution in [-0.2, 0) is 28.6 Å². The van der Waals surface area contributed by atoms with E-state index < -0.39 is 6.10 Å². The van der Waals surface area contributed by atoms with Gasteiger partial charge in [0.1, 0.15) is 13.2 Å². The van der Waals surface area contributed by atoms with Crippen LogP contribution in [0, 0.1) is 11.8 Å². The summed E-state index contributed by atoms with van der Waals surface area (Å²) in [5.74, 6) is 0.848. The van der Waals surface area contributed by atoms with Crippen molar-refractivity contribution in [3.05, 3.63) is 0 Å². The van der Waals surface area contributed by atoms with Crippen LogP contribution in [0.15, 0.2) is 0 Å². The second-order valence-electron chi connectivity index (χ2n) is 20.2. The summed E-state index contributed by atoms with van der Waals surface area (Å²) in [5.41, 5.74) is 0. The zero-order valence-electron chi connectivity index (χ0n) is 42.5. The van der Waals surface area contributed by atoms with E-state index in [4.69, 9.17) is 14.2 Å². The SMILES string of the molecule is CCCCCCCCCCCC(=O)OC[C@@H](COC(=O)CCCCCCCCCCCCCCCCCC(C)C)OC(=O)CCCCCCCCCCCCCCCCC(C)C. The van der Waals surface area contributed by atoms with Crippen LogP contribution in [0.1, 0.15) is 311 Å². The maximum atomic E-state index is 12.8. The third kappa shape index (κ3) is 49.4. The van der Waals surface area contributed by atoms with Crippen molar-refractivity contribution < 1.29 is 28.6 Å². The summed E-state index contributed by atoms with van der Waals surface area (Å²) in [6.07, 6.45) is 51.0. The van der Waals surface area contributed by atoms with Gasteiger partial charge in [0.15, 0.2) is 6.10 Å². The number of ether oxygens (including phenoxy) is 3. The first kappa shape index (κ1) is 60.4. The van der Waals surface area contributed by atoms with Gasteiger partial charge in [0.05, 0.1) is 0 Å². The van der Waals surface area contributed by atoms with Crippen molar-refractivity contribution >= 4 is 17.9 Å². The van der Waals surface area contributed by atoms with Crippen LogP contribution in [0.5, 0.6) is 0 Å². The molecule has 0 amide bonds. The fourth-order valence-corrected chi connectivity index (χ4v) is 8.52. The molecule has 6 heteroatoms. The Morgan fingerprint density at radius 2 is 0.532 bits per heavy atom. The van der Waals surface area contributed by atoms with Crippen LogP contribution in [0.2, 0.25) is 0 Å². The van der Waals surface area contributed by atoms with E-state index in [9.17, 15) is 14.4 Å². The molecule has 0 bridgehead atoms. The van der Waals surface area contributed by atoms with E-state index in [0.29, 0.717) is 19.3 Å². The minimum absolute atomic E-state index is 0.0630. The molecule has 6 nitrogen and oxygen atoms in total. The zero-order chi connectivity index (χ0) is 45.4. The fraction of sp³-hybridized carbons (Fsp3) is 0.946. The number of carbonyl (C=O) groups excluding carboxylic acids is 3. The van der Waals surface area contributed by atoms with Crippen LogP contribution in [-0.4, -0.2) is 37.2 Å². The number of hydrogen-bond acceptors (Lipinski definition) is 6. The molecule has 0 aliphatic heterocycles. The van der Waals surface area contributed by atoms with E-state index in [2.05, 4.69) is 34.6 Å². The standard InChI is InChI=1S/C56H108O6/c1-6-7-8-9-10-24-31-36-41-46-54(57)60-49-53(62-56(59)48-43-38-33-28-23-19-15-14-17-21-26-30-35-40-45-52(4)5)50-61-55(58)47-42-37-32-27-22-18-13-11-12-16-20-25-29-34-39-44-51(2)3/h51-53H,6-50H2,1-5H3/t53-/m0/s1.